The molecule has 1 aliphatic carbocycles. The third-order valence-corrected chi connectivity index (χ3v) is 14.9. The number of aromatic nitrogens is 1. The average Bonchev–Trinajstić information content (AvgIpc) is 3.85. The SMILES string of the molecule is CC1(C)c2ccccc2-c2ccc(N(c3ccc(-c4cc5c6ccccc6c6c(c7ccccc7n6-c6ccc7ccccc7c6)c5c5ccccc45)cc3)c3cccc4ccccc34)cc21. The molecule has 0 amide bonds. The maximum Gasteiger partial charge on any atom is 0.0626 e. The van der Waals surface area contributed by atoms with E-state index in [-0.39, 0.29) is 5.41 Å². The molecule has 0 N–H and O–H groups in total. The summed E-state index contributed by atoms with van der Waals surface area (Å²) in [5, 5.41) is 15.0. The summed E-state index contributed by atoms with van der Waals surface area (Å²) in [4.78, 5) is 2.46. The molecule has 67 heavy (non-hydrogen) atoms. The van der Waals surface area contributed by atoms with Crippen LogP contribution in [0.3, 0.4) is 0 Å². The Balaban J connectivity index is 0.986. The smallest absolute Gasteiger partial charge is 0.0626 e. The summed E-state index contributed by atoms with van der Waals surface area (Å²) in [6.07, 6.45) is 0. The molecule has 13 aromatic rings. The summed E-state index contributed by atoms with van der Waals surface area (Å²) < 4.78 is 2.50. The third kappa shape index (κ3) is 5.51. The first-order valence-electron chi connectivity index (χ1n) is 23.4. The lowest BCUT2D eigenvalue weighted by Crippen LogP contribution is -2.16. The lowest BCUT2D eigenvalue weighted by Gasteiger charge is -2.29. The van der Waals surface area contributed by atoms with Crippen molar-refractivity contribution >= 4 is 92.7 Å². The zero-order chi connectivity index (χ0) is 44.4. The van der Waals surface area contributed by atoms with Crippen LogP contribution >= 0.6 is 0 Å². The van der Waals surface area contributed by atoms with Crippen molar-refractivity contribution < 1.29 is 0 Å². The van der Waals surface area contributed by atoms with Crippen LogP contribution < -0.4 is 4.90 Å². The lowest BCUT2D eigenvalue weighted by atomic mass is 9.82. The molecule has 2 heteroatoms. The molecule has 0 bridgehead atoms. The molecule has 14 rings (SSSR count). The molecule has 0 radical (unpaired) electrons. The maximum atomic E-state index is 2.50. The van der Waals surface area contributed by atoms with Gasteiger partial charge in [-0.05, 0) is 126 Å². The summed E-state index contributed by atoms with van der Waals surface area (Å²) in [6, 6.07) is 85.8. The van der Waals surface area contributed by atoms with Crippen molar-refractivity contribution in [3.05, 3.63) is 242 Å². The van der Waals surface area contributed by atoms with Gasteiger partial charge < -0.3 is 9.47 Å². The number of para-hydroxylation sites is 1. The molecule has 0 saturated heterocycles. The minimum Gasteiger partial charge on any atom is -0.310 e. The number of hydrogen-bond donors (Lipinski definition) is 0. The predicted molar refractivity (Wildman–Crippen MR) is 286 cm³/mol. The van der Waals surface area contributed by atoms with Crippen LogP contribution in [0.5, 0.6) is 0 Å². The Labute approximate surface area is 389 Å². The molecule has 0 spiro atoms. The molecule has 1 aromatic heterocycles. The van der Waals surface area contributed by atoms with E-state index in [9.17, 15) is 0 Å². The standard InChI is InChI=1S/C65H44N2/c1-65(2)58-27-13-11-23-51(58)52-37-36-47(39-59(52)65)66(60-29-15-19-42-17-5-6-20-48(42)60)45-33-31-43(32-34-45)56-40-57-50-22-8-10-25-54(50)64-63(62(57)53-24-9-7-21-49(53)56)55-26-12-14-28-61(55)67(64)46-35-30-41-16-3-4-18-44(41)38-46/h3-40H,1-2H3. The van der Waals surface area contributed by atoms with E-state index in [1.165, 1.54) is 115 Å². The predicted octanol–water partition coefficient (Wildman–Crippen LogP) is 18.0. The van der Waals surface area contributed by atoms with Crippen LogP contribution in [-0.4, -0.2) is 4.57 Å². The Morgan fingerprint density at radius 1 is 0.358 bits per heavy atom. The van der Waals surface area contributed by atoms with Crippen molar-refractivity contribution in [1.82, 2.24) is 4.57 Å². The summed E-state index contributed by atoms with van der Waals surface area (Å²) in [7, 11) is 0. The quantitative estimate of drug-likeness (QED) is 0.157. The van der Waals surface area contributed by atoms with Gasteiger partial charge in [-0.15, -0.1) is 0 Å². The molecule has 2 nitrogen and oxygen atoms in total. The number of benzene rings is 12. The van der Waals surface area contributed by atoms with Gasteiger partial charge in [-0.1, -0.05) is 190 Å². The van der Waals surface area contributed by atoms with Crippen LogP contribution in [0.15, 0.2) is 231 Å². The first-order valence-corrected chi connectivity index (χ1v) is 23.4. The summed E-state index contributed by atoms with van der Waals surface area (Å²) in [5.74, 6) is 0. The minimum absolute atomic E-state index is 0.117. The molecule has 0 saturated carbocycles. The Kier molecular flexibility index (Phi) is 8.06. The van der Waals surface area contributed by atoms with Gasteiger partial charge in [-0.3, -0.25) is 0 Å². The van der Waals surface area contributed by atoms with Crippen molar-refractivity contribution in [2.75, 3.05) is 4.90 Å². The summed E-state index contributed by atoms with van der Waals surface area (Å²) in [6.45, 7) is 4.73. The number of hydrogen-bond acceptors (Lipinski definition) is 1. The Bertz CT molecular complexity index is 4180. The molecule has 1 aliphatic rings. The largest absolute Gasteiger partial charge is 0.310 e. The van der Waals surface area contributed by atoms with Crippen LogP contribution in [-0.2, 0) is 5.41 Å². The highest BCUT2D eigenvalue weighted by atomic mass is 15.1. The Morgan fingerprint density at radius 3 is 1.82 bits per heavy atom. The lowest BCUT2D eigenvalue weighted by molar-refractivity contribution is 0.660. The number of nitrogens with zero attached hydrogens (tertiary/aromatic N) is 2. The van der Waals surface area contributed by atoms with Gasteiger partial charge in [0.1, 0.15) is 0 Å². The monoisotopic (exact) mass is 852 g/mol. The molecule has 314 valence electrons. The molecule has 0 unspecified atom stereocenters. The summed E-state index contributed by atoms with van der Waals surface area (Å²) >= 11 is 0. The third-order valence-electron chi connectivity index (χ3n) is 14.9. The number of fused-ring (bicyclic) bond motifs is 15. The van der Waals surface area contributed by atoms with Crippen LogP contribution in [0.1, 0.15) is 25.0 Å². The second kappa shape index (κ2) is 14.3. The highest BCUT2D eigenvalue weighted by Crippen LogP contribution is 2.52. The van der Waals surface area contributed by atoms with Gasteiger partial charge in [0.2, 0.25) is 0 Å². The first kappa shape index (κ1) is 37.9. The van der Waals surface area contributed by atoms with Crippen LogP contribution in [0.25, 0.3) is 104 Å². The second-order valence-electron chi connectivity index (χ2n) is 18.8. The van der Waals surface area contributed by atoms with Crippen molar-refractivity contribution in [1.29, 1.82) is 0 Å². The van der Waals surface area contributed by atoms with E-state index in [0.717, 1.165) is 17.1 Å². The van der Waals surface area contributed by atoms with E-state index in [2.05, 4.69) is 254 Å². The second-order valence-corrected chi connectivity index (χ2v) is 18.8. The van der Waals surface area contributed by atoms with E-state index in [4.69, 9.17) is 0 Å². The molecule has 0 fully saturated rings. The highest BCUT2D eigenvalue weighted by Gasteiger charge is 2.36. The van der Waals surface area contributed by atoms with E-state index in [1.807, 2.05) is 0 Å². The van der Waals surface area contributed by atoms with Crippen LogP contribution in [0.2, 0.25) is 0 Å². The van der Waals surface area contributed by atoms with E-state index in [1.54, 1.807) is 0 Å². The van der Waals surface area contributed by atoms with Crippen LogP contribution in [0.4, 0.5) is 17.1 Å². The van der Waals surface area contributed by atoms with Gasteiger partial charge in [0.15, 0.2) is 0 Å². The Morgan fingerprint density at radius 2 is 0.985 bits per heavy atom. The van der Waals surface area contributed by atoms with Crippen LogP contribution in [0, 0.1) is 0 Å². The van der Waals surface area contributed by atoms with Gasteiger partial charge in [-0.25, -0.2) is 0 Å². The molecule has 1 heterocycles. The molecule has 0 aliphatic heterocycles. The van der Waals surface area contributed by atoms with Crippen molar-refractivity contribution in [2.24, 2.45) is 0 Å². The molecular weight excluding hydrogens is 809 g/mol. The normalized spacial score (nSPS) is 13.0. The molecular formula is C65H44N2. The fourth-order valence-corrected chi connectivity index (χ4v) is 11.8. The fraction of sp³-hybridized carbons (Fsp3) is 0.0462. The van der Waals surface area contributed by atoms with Crippen molar-refractivity contribution in [2.45, 2.75) is 19.3 Å². The molecule has 12 aromatic carbocycles. The first-order chi connectivity index (χ1) is 33.0. The van der Waals surface area contributed by atoms with E-state index < -0.39 is 0 Å². The average molecular weight is 853 g/mol. The topological polar surface area (TPSA) is 8.17 Å². The van der Waals surface area contributed by atoms with Crippen molar-refractivity contribution in [3.63, 3.8) is 0 Å². The fourth-order valence-electron chi connectivity index (χ4n) is 11.8. The number of anilines is 3. The molecule has 0 atom stereocenters. The zero-order valence-electron chi connectivity index (χ0n) is 37.3. The van der Waals surface area contributed by atoms with Gasteiger partial charge >= 0.3 is 0 Å². The van der Waals surface area contributed by atoms with E-state index in [0.29, 0.717) is 0 Å². The number of rotatable bonds is 5. The maximum absolute atomic E-state index is 2.50. The minimum atomic E-state index is -0.117. The van der Waals surface area contributed by atoms with E-state index >= 15 is 0 Å². The van der Waals surface area contributed by atoms with Gasteiger partial charge in [0.25, 0.3) is 0 Å². The van der Waals surface area contributed by atoms with Gasteiger partial charge in [0.05, 0.1) is 16.7 Å². The van der Waals surface area contributed by atoms with Crippen molar-refractivity contribution in [3.8, 4) is 27.9 Å². The Hall–Kier alpha value is -8.46. The summed E-state index contributed by atoms with van der Waals surface area (Å²) in [5.41, 5.74) is 14.8. The van der Waals surface area contributed by atoms with Gasteiger partial charge in [0, 0.05) is 49.4 Å². The zero-order valence-corrected chi connectivity index (χ0v) is 37.3. The highest BCUT2D eigenvalue weighted by molar-refractivity contribution is 6.38. The van der Waals surface area contributed by atoms with Gasteiger partial charge in [-0.2, -0.15) is 0 Å².